The highest BCUT2D eigenvalue weighted by molar-refractivity contribution is 5.73. The van der Waals surface area contributed by atoms with Gasteiger partial charge >= 0.3 is 5.97 Å². The molecule has 1 aromatic carbocycles. The van der Waals surface area contributed by atoms with Gasteiger partial charge in [0.1, 0.15) is 0 Å². The number of benzene rings is 1. The summed E-state index contributed by atoms with van der Waals surface area (Å²) < 4.78 is 0. The largest absolute Gasteiger partial charge is 0.479 e. The number of unbranched alkanes of at least 4 members (excludes halogenated alkanes) is 10. The maximum absolute atomic E-state index is 10.2. The van der Waals surface area contributed by atoms with Crippen LogP contribution in [0.2, 0.25) is 0 Å². The number of hydrogen-bond donors (Lipinski definition) is 3. The molecule has 30 heavy (non-hydrogen) atoms. The van der Waals surface area contributed by atoms with E-state index < -0.39 is 12.1 Å². The number of piperidine rings is 1. The second kappa shape index (κ2) is 18.4. The third kappa shape index (κ3) is 13.8. The normalized spacial score (nSPS) is 17.1. The number of rotatable bonds is 14. The Bertz CT molecular complexity index is 514. The van der Waals surface area contributed by atoms with Crippen LogP contribution in [0.4, 0.5) is 0 Å². The summed E-state index contributed by atoms with van der Waals surface area (Å²) in [7, 11) is 0. The van der Waals surface area contributed by atoms with Crippen molar-refractivity contribution in [2.45, 2.75) is 115 Å². The molecule has 0 amide bonds. The number of carboxylic acids is 1. The molecule has 3 N–H and O–H groups in total. The first-order valence-electron chi connectivity index (χ1n) is 12.3. The predicted molar refractivity (Wildman–Crippen MR) is 126 cm³/mol. The van der Waals surface area contributed by atoms with Gasteiger partial charge in [-0.25, -0.2) is 4.79 Å². The molecule has 172 valence electrons. The lowest BCUT2D eigenvalue weighted by Crippen LogP contribution is -2.33. The molecule has 2 rings (SSSR count). The van der Waals surface area contributed by atoms with Crippen molar-refractivity contribution >= 4 is 5.97 Å². The molecule has 4 nitrogen and oxygen atoms in total. The minimum Gasteiger partial charge on any atom is -0.479 e. The fraction of sp³-hybridized carbons (Fsp3) is 0.731. The maximum atomic E-state index is 10.2. The standard InChI is InChI=1S/C18H37N.C8H8O3/c1-2-3-4-5-6-7-8-9-10-11-12-15-18-16-13-14-17-19-18;9-7(8(10)11)6-4-2-1-3-5-6/h18-19H,2-17H2,1H3;1-5,7,9H,(H,10,11)/t18-;7-/m01/s1. The van der Waals surface area contributed by atoms with Crippen LogP contribution in [0.5, 0.6) is 0 Å². The van der Waals surface area contributed by atoms with Crippen LogP contribution >= 0.6 is 0 Å². The van der Waals surface area contributed by atoms with Gasteiger partial charge in [0.2, 0.25) is 0 Å². The summed E-state index contributed by atoms with van der Waals surface area (Å²) in [6.45, 7) is 3.56. The van der Waals surface area contributed by atoms with Gasteiger partial charge in [-0.2, -0.15) is 0 Å². The van der Waals surface area contributed by atoms with Crippen LogP contribution in [0.3, 0.4) is 0 Å². The lowest BCUT2D eigenvalue weighted by molar-refractivity contribution is -0.146. The van der Waals surface area contributed by atoms with E-state index in [-0.39, 0.29) is 0 Å². The maximum Gasteiger partial charge on any atom is 0.337 e. The fourth-order valence-electron chi connectivity index (χ4n) is 4.00. The molecule has 0 spiro atoms. The van der Waals surface area contributed by atoms with Gasteiger partial charge in [-0.05, 0) is 31.4 Å². The Labute approximate surface area is 184 Å². The number of aliphatic carboxylic acids is 1. The van der Waals surface area contributed by atoms with E-state index >= 15 is 0 Å². The highest BCUT2D eigenvalue weighted by Gasteiger charge is 2.14. The second-order valence-electron chi connectivity index (χ2n) is 8.62. The van der Waals surface area contributed by atoms with Crippen LogP contribution < -0.4 is 5.32 Å². The van der Waals surface area contributed by atoms with E-state index in [1.165, 1.54) is 103 Å². The average Bonchev–Trinajstić information content (AvgIpc) is 2.78. The van der Waals surface area contributed by atoms with Crippen molar-refractivity contribution in [1.82, 2.24) is 5.32 Å². The number of aliphatic hydroxyl groups is 1. The molecule has 0 aliphatic carbocycles. The number of carboxylic acid groups (broad SMARTS) is 1. The molecular formula is C26H45NO3. The van der Waals surface area contributed by atoms with E-state index in [0.29, 0.717) is 5.56 Å². The zero-order valence-corrected chi connectivity index (χ0v) is 19.2. The Morgan fingerprint density at radius 3 is 2.00 bits per heavy atom. The summed E-state index contributed by atoms with van der Waals surface area (Å²) >= 11 is 0. The Hall–Kier alpha value is -1.39. The molecule has 1 heterocycles. The number of aliphatic hydroxyl groups excluding tert-OH is 1. The Kier molecular flexibility index (Phi) is 16.3. The van der Waals surface area contributed by atoms with Gasteiger partial charge < -0.3 is 15.5 Å². The third-order valence-corrected chi connectivity index (χ3v) is 5.92. The summed E-state index contributed by atoms with van der Waals surface area (Å²) in [5.74, 6) is -1.23. The number of nitrogens with one attached hydrogen (secondary N) is 1. The van der Waals surface area contributed by atoms with Gasteiger partial charge in [0.15, 0.2) is 6.10 Å². The molecule has 4 heteroatoms. The first kappa shape index (κ1) is 26.6. The van der Waals surface area contributed by atoms with Crippen LogP contribution in [0, 0.1) is 0 Å². The van der Waals surface area contributed by atoms with Crippen LogP contribution in [-0.4, -0.2) is 28.8 Å². The number of carbonyl (C=O) groups is 1. The molecular weight excluding hydrogens is 374 g/mol. The molecule has 0 aromatic heterocycles. The van der Waals surface area contributed by atoms with E-state index in [2.05, 4.69) is 12.2 Å². The lowest BCUT2D eigenvalue weighted by atomic mass is 9.98. The van der Waals surface area contributed by atoms with Crippen LogP contribution in [0.15, 0.2) is 30.3 Å². The molecule has 0 radical (unpaired) electrons. The molecule has 1 aliphatic heterocycles. The minimum absolute atomic E-state index is 0.403. The third-order valence-electron chi connectivity index (χ3n) is 5.92. The van der Waals surface area contributed by atoms with Gasteiger partial charge in [0.25, 0.3) is 0 Å². The van der Waals surface area contributed by atoms with Crippen molar-refractivity contribution < 1.29 is 15.0 Å². The fourth-order valence-corrected chi connectivity index (χ4v) is 4.00. The first-order valence-corrected chi connectivity index (χ1v) is 12.3. The summed E-state index contributed by atoms with van der Waals surface area (Å²) in [4.78, 5) is 10.2. The minimum atomic E-state index is -1.41. The summed E-state index contributed by atoms with van der Waals surface area (Å²) in [5.41, 5.74) is 0.403. The molecule has 0 bridgehead atoms. The van der Waals surface area contributed by atoms with E-state index in [9.17, 15) is 4.79 Å². The van der Waals surface area contributed by atoms with Crippen molar-refractivity contribution in [3.05, 3.63) is 35.9 Å². The Morgan fingerprint density at radius 2 is 1.50 bits per heavy atom. The van der Waals surface area contributed by atoms with Crippen molar-refractivity contribution in [3.8, 4) is 0 Å². The van der Waals surface area contributed by atoms with E-state index in [0.717, 1.165) is 6.04 Å². The zero-order valence-electron chi connectivity index (χ0n) is 19.2. The molecule has 1 saturated heterocycles. The molecule has 0 unspecified atom stereocenters. The van der Waals surface area contributed by atoms with Gasteiger partial charge in [-0.1, -0.05) is 114 Å². The zero-order chi connectivity index (χ0) is 21.9. The SMILES string of the molecule is CCCCCCCCCCCCC[C@H]1CCCCN1.O=C(O)[C@H](O)c1ccccc1. The van der Waals surface area contributed by atoms with Crippen molar-refractivity contribution in [3.63, 3.8) is 0 Å². The lowest BCUT2D eigenvalue weighted by Gasteiger charge is -2.23. The summed E-state index contributed by atoms with van der Waals surface area (Å²) in [5, 5.41) is 21.0. The van der Waals surface area contributed by atoms with Crippen LogP contribution in [-0.2, 0) is 4.79 Å². The second-order valence-corrected chi connectivity index (χ2v) is 8.62. The van der Waals surface area contributed by atoms with Crippen molar-refractivity contribution in [1.29, 1.82) is 0 Å². The predicted octanol–water partition coefficient (Wildman–Crippen LogP) is 6.63. The first-order chi connectivity index (χ1) is 14.6. The summed E-state index contributed by atoms with van der Waals surface area (Å²) in [6.07, 6.45) is 20.4. The Morgan fingerprint density at radius 1 is 0.933 bits per heavy atom. The van der Waals surface area contributed by atoms with Gasteiger partial charge in [0.05, 0.1) is 0 Å². The summed E-state index contributed by atoms with van der Waals surface area (Å²) in [6, 6.07) is 9.12. The van der Waals surface area contributed by atoms with Gasteiger partial charge in [-0.3, -0.25) is 0 Å². The molecule has 1 fully saturated rings. The van der Waals surface area contributed by atoms with E-state index in [4.69, 9.17) is 10.2 Å². The van der Waals surface area contributed by atoms with Crippen LogP contribution in [0.25, 0.3) is 0 Å². The van der Waals surface area contributed by atoms with E-state index in [1.807, 2.05) is 0 Å². The van der Waals surface area contributed by atoms with Crippen LogP contribution in [0.1, 0.15) is 115 Å². The van der Waals surface area contributed by atoms with Crippen molar-refractivity contribution in [2.75, 3.05) is 6.54 Å². The smallest absolute Gasteiger partial charge is 0.337 e. The topological polar surface area (TPSA) is 69.6 Å². The average molecular weight is 420 g/mol. The van der Waals surface area contributed by atoms with Gasteiger partial charge in [-0.15, -0.1) is 0 Å². The quantitative estimate of drug-likeness (QED) is 0.296. The highest BCUT2D eigenvalue weighted by atomic mass is 16.4. The number of hydrogen-bond acceptors (Lipinski definition) is 3. The van der Waals surface area contributed by atoms with Gasteiger partial charge in [0, 0.05) is 6.04 Å². The molecule has 0 saturated carbocycles. The molecule has 1 aromatic rings. The van der Waals surface area contributed by atoms with Crippen molar-refractivity contribution in [2.24, 2.45) is 0 Å². The highest BCUT2D eigenvalue weighted by Crippen LogP contribution is 2.16. The molecule has 1 aliphatic rings. The monoisotopic (exact) mass is 419 g/mol. The Balaban J connectivity index is 0.000000346. The van der Waals surface area contributed by atoms with E-state index in [1.54, 1.807) is 30.3 Å². The molecule has 2 atom stereocenters.